The smallest absolute Gasteiger partial charge is 0.251 e. The van der Waals surface area contributed by atoms with E-state index in [4.69, 9.17) is 0 Å². The van der Waals surface area contributed by atoms with E-state index in [0.29, 0.717) is 0 Å². The molecule has 0 spiro atoms. The van der Waals surface area contributed by atoms with Crippen molar-refractivity contribution in [2.75, 3.05) is 0 Å². The molecule has 0 bridgehead atoms. The van der Waals surface area contributed by atoms with Crippen LogP contribution in [0.5, 0.6) is 0 Å². The highest BCUT2D eigenvalue weighted by molar-refractivity contribution is 6.04. The highest BCUT2D eigenvalue weighted by Crippen LogP contribution is 2.19. The first-order valence-electron chi connectivity index (χ1n) is 13.0. The van der Waals surface area contributed by atoms with Gasteiger partial charge in [-0.25, -0.2) is 0 Å². The Balaban J connectivity index is 1.60. The molecule has 0 heterocycles. The van der Waals surface area contributed by atoms with E-state index in [1.54, 1.807) is 0 Å². The molecule has 0 saturated carbocycles. The number of nitrogens with one attached hydrogen (secondary N) is 3. The van der Waals surface area contributed by atoms with Crippen LogP contribution in [0.15, 0.2) is 109 Å². The summed E-state index contributed by atoms with van der Waals surface area (Å²) in [6.07, 6.45) is 0. The number of benzene rings is 4. The molecule has 0 aliphatic rings. The minimum absolute atomic E-state index is 0.232. The number of amides is 3. The van der Waals surface area contributed by atoms with Crippen molar-refractivity contribution in [1.82, 2.24) is 16.0 Å². The second-order valence-electron chi connectivity index (χ2n) is 9.62. The first kappa shape index (κ1) is 27.3. The lowest BCUT2D eigenvalue weighted by atomic mass is 10.0. The van der Waals surface area contributed by atoms with Crippen LogP contribution in [-0.4, -0.2) is 17.7 Å². The molecule has 0 radical (unpaired) electrons. The predicted molar refractivity (Wildman–Crippen MR) is 153 cm³/mol. The zero-order chi connectivity index (χ0) is 27.8. The van der Waals surface area contributed by atoms with E-state index < -0.39 is 0 Å². The van der Waals surface area contributed by atoms with Crippen molar-refractivity contribution in [2.24, 2.45) is 0 Å². The van der Waals surface area contributed by atoms with Crippen LogP contribution in [-0.2, 0) is 0 Å². The van der Waals surface area contributed by atoms with Gasteiger partial charge in [-0.1, -0.05) is 91.0 Å². The molecule has 6 heteroatoms. The van der Waals surface area contributed by atoms with Gasteiger partial charge in [0.1, 0.15) is 0 Å². The van der Waals surface area contributed by atoms with Crippen molar-refractivity contribution in [3.63, 3.8) is 0 Å². The fourth-order valence-corrected chi connectivity index (χ4v) is 4.34. The van der Waals surface area contributed by atoms with Gasteiger partial charge in [-0.15, -0.1) is 0 Å². The molecule has 0 aliphatic carbocycles. The summed E-state index contributed by atoms with van der Waals surface area (Å²) in [4.78, 5) is 39.9. The fourth-order valence-electron chi connectivity index (χ4n) is 4.34. The van der Waals surface area contributed by atoms with E-state index in [1.807, 2.05) is 112 Å². The van der Waals surface area contributed by atoms with Gasteiger partial charge in [0.2, 0.25) is 0 Å². The van der Waals surface area contributed by atoms with Gasteiger partial charge in [-0.2, -0.15) is 0 Å². The fraction of sp³-hybridized carbons (Fsp3) is 0.182. The summed E-state index contributed by atoms with van der Waals surface area (Å²) in [6.45, 7) is 5.67. The predicted octanol–water partition coefficient (Wildman–Crippen LogP) is 6.16. The van der Waals surface area contributed by atoms with Crippen molar-refractivity contribution in [2.45, 2.75) is 38.9 Å². The summed E-state index contributed by atoms with van der Waals surface area (Å²) in [6, 6.07) is 32.6. The Morgan fingerprint density at radius 3 is 0.897 bits per heavy atom. The van der Waals surface area contributed by atoms with E-state index in [-0.39, 0.29) is 52.5 Å². The van der Waals surface area contributed by atoms with Crippen LogP contribution in [0, 0.1) is 0 Å². The lowest BCUT2D eigenvalue weighted by molar-refractivity contribution is 0.0939. The number of hydrogen-bond donors (Lipinski definition) is 3. The van der Waals surface area contributed by atoms with E-state index >= 15 is 0 Å². The van der Waals surface area contributed by atoms with Gasteiger partial charge in [-0.05, 0) is 55.7 Å². The van der Waals surface area contributed by atoms with Gasteiger partial charge < -0.3 is 16.0 Å². The summed E-state index contributed by atoms with van der Waals surface area (Å²) in [5, 5.41) is 8.93. The Bertz CT molecular complexity index is 1240. The van der Waals surface area contributed by atoms with Gasteiger partial charge in [0.15, 0.2) is 0 Å². The first-order valence-corrected chi connectivity index (χ1v) is 13.0. The van der Waals surface area contributed by atoms with Gasteiger partial charge in [0.05, 0.1) is 18.1 Å². The van der Waals surface area contributed by atoms with Crippen molar-refractivity contribution < 1.29 is 14.4 Å². The molecule has 0 aromatic heterocycles. The molecule has 0 aliphatic heterocycles. The third kappa shape index (κ3) is 7.20. The van der Waals surface area contributed by atoms with Gasteiger partial charge in [0.25, 0.3) is 17.7 Å². The van der Waals surface area contributed by atoms with Crippen molar-refractivity contribution in [3.05, 3.63) is 143 Å². The molecule has 4 rings (SSSR count). The minimum atomic E-state index is -0.373. The lowest BCUT2D eigenvalue weighted by Crippen LogP contribution is -2.31. The normalized spacial score (nSPS) is 13.0. The Labute approximate surface area is 229 Å². The zero-order valence-electron chi connectivity index (χ0n) is 22.3. The Kier molecular flexibility index (Phi) is 8.90. The third-order valence-corrected chi connectivity index (χ3v) is 6.66. The molecular formula is C33H33N3O3. The Morgan fingerprint density at radius 2 is 0.667 bits per heavy atom. The quantitative estimate of drug-likeness (QED) is 0.248. The topological polar surface area (TPSA) is 87.3 Å². The highest BCUT2D eigenvalue weighted by Gasteiger charge is 2.20. The summed E-state index contributed by atoms with van der Waals surface area (Å²) in [5.41, 5.74) is 3.55. The monoisotopic (exact) mass is 519 g/mol. The summed E-state index contributed by atoms with van der Waals surface area (Å²) < 4.78 is 0. The van der Waals surface area contributed by atoms with Crippen LogP contribution in [0.1, 0.15) is 86.7 Å². The molecule has 39 heavy (non-hydrogen) atoms. The van der Waals surface area contributed by atoms with Crippen LogP contribution in [0.2, 0.25) is 0 Å². The Hall–Kier alpha value is -4.71. The standard InChI is InChI=1S/C33H33N3O3/c1-22(25-13-7-4-8-14-25)34-31(37)28-19-29(32(38)35-23(2)26-15-9-5-10-16-26)21-30(20-28)33(39)36-24(3)27-17-11-6-12-18-27/h4-24H,1-3H3,(H,34,37)(H,35,38)(H,36,39)/t22-,23-,24-/m1/s1. The summed E-state index contributed by atoms with van der Waals surface area (Å²) in [5.74, 6) is -1.12. The van der Waals surface area contributed by atoms with Crippen LogP contribution >= 0.6 is 0 Å². The third-order valence-electron chi connectivity index (χ3n) is 6.66. The Morgan fingerprint density at radius 1 is 0.436 bits per heavy atom. The number of carbonyl (C=O) groups is 3. The molecule has 4 aromatic carbocycles. The maximum absolute atomic E-state index is 13.3. The number of carbonyl (C=O) groups excluding carboxylic acids is 3. The SMILES string of the molecule is C[C@@H](NC(=O)c1cc(C(=O)N[C@H](C)c2ccccc2)cc(C(=O)N[C@H](C)c2ccccc2)c1)c1ccccc1. The highest BCUT2D eigenvalue weighted by atomic mass is 16.2. The van der Waals surface area contributed by atoms with Gasteiger partial charge >= 0.3 is 0 Å². The van der Waals surface area contributed by atoms with Crippen LogP contribution in [0.4, 0.5) is 0 Å². The van der Waals surface area contributed by atoms with Gasteiger partial charge in [0, 0.05) is 16.7 Å². The second-order valence-corrected chi connectivity index (χ2v) is 9.62. The summed E-state index contributed by atoms with van der Waals surface area (Å²) >= 11 is 0. The molecule has 198 valence electrons. The van der Waals surface area contributed by atoms with Crippen molar-refractivity contribution in [3.8, 4) is 0 Å². The molecule has 3 N–H and O–H groups in total. The molecule has 6 nitrogen and oxygen atoms in total. The summed E-state index contributed by atoms with van der Waals surface area (Å²) in [7, 11) is 0. The first-order chi connectivity index (χ1) is 18.8. The van der Waals surface area contributed by atoms with E-state index in [9.17, 15) is 14.4 Å². The lowest BCUT2D eigenvalue weighted by Gasteiger charge is -2.18. The van der Waals surface area contributed by atoms with Crippen LogP contribution in [0.25, 0.3) is 0 Å². The van der Waals surface area contributed by atoms with E-state index in [1.165, 1.54) is 18.2 Å². The van der Waals surface area contributed by atoms with Crippen molar-refractivity contribution in [1.29, 1.82) is 0 Å². The average Bonchev–Trinajstić information content (AvgIpc) is 2.98. The molecule has 4 aromatic rings. The van der Waals surface area contributed by atoms with Gasteiger partial charge in [-0.3, -0.25) is 14.4 Å². The molecular weight excluding hydrogens is 486 g/mol. The molecule has 0 saturated heterocycles. The van der Waals surface area contributed by atoms with Crippen molar-refractivity contribution >= 4 is 17.7 Å². The van der Waals surface area contributed by atoms with Crippen LogP contribution in [0.3, 0.4) is 0 Å². The zero-order valence-corrected chi connectivity index (χ0v) is 22.3. The molecule has 0 fully saturated rings. The van der Waals surface area contributed by atoms with Crippen LogP contribution < -0.4 is 16.0 Å². The molecule has 3 atom stereocenters. The van der Waals surface area contributed by atoms with E-state index in [0.717, 1.165) is 16.7 Å². The largest absolute Gasteiger partial charge is 0.346 e. The maximum Gasteiger partial charge on any atom is 0.251 e. The second kappa shape index (κ2) is 12.7. The number of rotatable bonds is 9. The molecule has 0 unspecified atom stereocenters. The minimum Gasteiger partial charge on any atom is -0.346 e. The molecule has 3 amide bonds. The number of hydrogen-bond acceptors (Lipinski definition) is 3. The average molecular weight is 520 g/mol. The maximum atomic E-state index is 13.3. The van der Waals surface area contributed by atoms with E-state index in [2.05, 4.69) is 16.0 Å².